The highest BCUT2D eigenvalue weighted by atomic mass is 19.1. The lowest BCUT2D eigenvalue weighted by Crippen LogP contribution is -2.42. The molecule has 0 fully saturated rings. The third-order valence-corrected chi connectivity index (χ3v) is 6.20. The fraction of sp³-hybridized carbons (Fsp3) is 0.185. The minimum absolute atomic E-state index is 0.00123. The van der Waals surface area contributed by atoms with Gasteiger partial charge in [0.05, 0.1) is 29.5 Å². The van der Waals surface area contributed by atoms with E-state index in [1.165, 1.54) is 22.9 Å². The van der Waals surface area contributed by atoms with Gasteiger partial charge < -0.3 is 5.32 Å². The molecule has 5 rings (SSSR count). The number of halogens is 1. The molecule has 0 amide bonds. The van der Waals surface area contributed by atoms with Crippen LogP contribution in [0.25, 0.3) is 16.6 Å². The molecule has 0 aliphatic heterocycles. The number of pyridine rings is 1. The van der Waals surface area contributed by atoms with Crippen molar-refractivity contribution in [2.75, 3.05) is 5.32 Å². The first-order chi connectivity index (χ1) is 18.3. The number of nitriles is 1. The van der Waals surface area contributed by atoms with Crippen molar-refractivity contribution in [3.8, 4) is 11.8 Å². The van der Waals surface area contributed by atoms with E-state index in [2.05, 4.69) is 20.4 Å². The molecular weight excluding hydrogens is 487 g/mol. The molecular formula is C27H23FN8O2. The standard InChI is InChI=1S/C27H23FN8O2/c1-4-34-14-20-10-21(5-6-24(20)33-34)31-25-32-26(37)36(22-7-16(2)12-30-13-22)27(38)35(25)15-19-9-18(11-29)23(28)8-17(19)3/h5-10,12-14H,4,15H2,1-3H3,(H,31,32,37). The monoisotopic (exact) mass is 510 g/mol. The molecule has 190 valence electrons. The molecule has 0 aliphatic rings. The fourth-order valence-electron chi connectivity index (χ4n) is 4.20. The van der Waals surface area contributed by atoms with Crippen LogP contribution in [0, 0.1) is 31.0 Å². The summed E-state index contributed by atoms with van der Waals surface area (Å²) in [4.78, 5) is 35.2. The highest BCUT2D eigenvalue weighted by molar-refractivity contribution is 5.82. The quantitative estimate of drug-likeness (QED) is 0.370. The maximum Gasteiger partial charge on any atom is 0.359 e. The van der Waals surface area contributed by atoms with Crippen molar-refractivity contribution < 1.29 is 4.39 Å². The molecule has 3 heterocycles. The lowest BCUT2D eigenvalue weighted by atomic mass is 10.0. The van der Waals surface area contributed by atoms with Gasteiger partial charge in [-0.05, 0) is 73.9 Å². The molecule has 5 aromatic rings. The van der Waals surface area contributed by atoms with Crippen molar-refractivity contribution in [2.45, 2.75) is 33.9 Å². The molecule has 0 radical (unpaired) electrons. The summed E-state index contributed by atoms with van der Waals surface area (Å²) in [5.41, 5.74) is 1.91. The van der Waals surface area contributed by atoms with Crippen molar-refractivity contribution in [3.05, 3.63) is 104 Å². The molecule has 0 aliphatic carbocycles. The van der Waals surface area contributed by atoms with Gasteiger partial charge in [-0.15, -0.1) is 0 Å². The molecule has 0 spiro atoms. The van der Waals surface area contributed by atoms with E-state index in [1.54, 1.807) is 32.2 Å². The number of aromatic nitrogens is 6. The Morgan fingerprint density at radius 2 is 1.92 bits per heavy atom. The van der Waals surface area contributed by atoms with Gasteiger partial charge in [-0.2, -0.15) is 15.3 Å². The van der Waals surface area contributed by atoms with Crippen molar-refractivity contribution in [1.82, 2.24) is 28.9 Å². The zero-order valence-corrected chi connectivity index (χ0v) is 20.9. The van der Waals surface area contributed by atoms with Gasteiger partial charge in [-0.25, -0.2) is 18.5 Å². The fourth-order valence-corrected chi connectivity index (χ4v) is 4.20. The first kappa shape index (κ1) is 24.6. The van der Waals surface area contributed by atoms with E-state index in [-0.39, 0.29) is 23.7 Å². The molecule has 38 heavy (non-hydrogen) atoms. The van der Waals surface area contributed by atoms with E-state index in [0.717, 1.165) is 21.0 Å². The largest absolute Gasteiger partial charge is 0.359 e. The van der Waals surface area contributed by atoms with Crippen LogP contribution in [-0.4, -0.2) is 28.9 Å². The molecule has 2 aromatic carbocycles. The maximum absolute atomic E-state index is 14.2. The second-order valence-corrected chi connectivity index (χ2v) is 8.90. The number of fused-ring (bicyclic) bond motifs is 1. The van der Waals surface area contributed by atoms with Gasteiger partial charge in [0.25, 0.3) is 0 Å². The van der Waals surface area contributed by atoms with Crippen molar-refractivity contribution in [1.29, 1.82) is 5.26 Å². The van der Waals surface area contributed by atoms with E-state index in [0.29, 0.717) is 23.4 Å². The van der Waals surface area contributed by atoms with Crippen molar-refractivity contribution in [3.63, 3.8) is 0 Å². The Kier molecular flexibility index (Phi) is 6.30. The first-order valence-corrected chi connectivity index (χ1v) is 11.9. The predicted octanol–water partition coefficient (Wildman–Crippen LogP) is 3.58. The summed E-state index contributed by atoms with van der Waals surface area (Å²) < 4.78 is 18.2. The third kappa shape index (κ3) is 4.55. The highest BCUT2D eigenvalue weighted by Gasteiger charge is 2.18. The molecule has 10 nitrogen and oxygen atoms in total. The van der Waals surface area contributed by atoms with Crippen LogP contribution in [0.1, 0.15) is 29.2 Å². The molecule has 0 saturated heterocycles. The van der Waals surface area contributed by atoms with E-state index in [1.807, 2.05) is 36.0 Å². The van der Waals surface area contributed by atoms with Gasteiger partial charge >= 0.3 is 11.4 Å². The Hall–Kier alpha value is -5.11. The Morgan fingerprint density at radius 1 is 1.11 bits per heavy atom. The van der Waals surface area contributed by atoms with Crippen LogP contribution in [0.15, 0.2) is 64.6 Å². The minimum atomic E-state index is -0.783. The number of nitrogens with zero attached hydrogens (tertiary/aromatic N) is 7. The second-order valence-electron chi connectivity index (χ2n) is 8.90. The van der Waals surface area contributed by atoms with E-state index in [4.69, 9.17) is 0 Å². The Labute approximate surface area is 216 Å². The summed E-state index contributed by atoms with van der Waals surface area (Å²) in [6.45, 7) is 6.12. The van der Waals surface area contributed by atoms with Crippen LogP contribution in [0.5, 0.6) is 0 Å². The summed E-state index contributed by atoms with van der Waals surface area (Å²) in [6.07, 6.45) is 4.92. The van der Waals surface area contributed by atoms with Crippen LogP contribution in [-0.2, 0) is 13.1 Å². The van der Waals surface area contributed by atoms with Gasteiger partial charge in [0.2, 0.25) is 5.95 Å². The van der Waals surface area contributed by atoms with Crippen LogP contribution in [0.2, 0.25) is 0 Å². The molecule has 0 saturated carbocycles. The molecule has 11 heteroatoms. The minimum Gasteiger partial charge on any atom is -0.325 e. The zero-order chi connectivity index (χ0) is 27.0. The van der Waals surface area contributed by atoms with E-state index >= 15 is 0 Å². The lowest BCUT2D eigenvalue weighted by Gasteiger charge is -2.17. The molecule has 0 bridgehead atoms. The number of rotatable bonds is 6. The van der Waals surface area contributed by atoms with Gasteiger partial charge in [0.15, 0.2) is 0 Å². The van der Waals surface area contributed by atoms with Crippen LogP contribution < -0.4 is 16.7 Å². The Bertz CT molecular complexity index is 1860. The van der Waals surface area contributed by atoms with Crippen LogP contribution in [0.3, 0.4) is 0 Å². The van der Waals surface area contributed by atoms with E-state index < -0.39 is 17.2 Å². The van der Waals surface area contributed by atoms with Crippen molar-refractivity contribution >= 4 is 22.5 Å². The smallest absolute Gasteiger partial charge is 0.325 e. The summed E-state index contributed by atoms with van der Waals surface area (Å²) in [5.74, 6) is -0.643. The Balaban J connectivity index is 1.67. The average molecular weight is 511 g/mol. The number of benzene rings is 2. The van der Waals surface area contributed by atoms with Gasteiger partial charge in [-0.1, -0.05) is 0 Å². The third-order valence-electron chi connectivity index (χ3n) is 6.20. The normalized spacial score (nSPS) is 11.0. The van der Waals surface area contributed by atoms with E-state index in [9.17, 15) is 19.2 Å². The Morgan fingerprint density at radius 3 is 2.66 bits per heavy atom. The molecule has 0 atom stereocenters. The molecule has 3 aromatic heterocycles. The van der Waals surface area contributed by atoms with Crippen LogP contribution in [0.4, 0.5) is 16.0 Å². The number of anilines is 2. The van der Waals surface area contributed by atoms with Crippen molar-refractivity contribution in [2.24, 2.45) is 0 Å². The number of hydrogen-bond acceptors (Lipinski definition) is 7. The first-order valence-electron chi connectivity index (χ1n) is 11.9. The van der Waals surface area contributed by atoms with Gasteiger partial charge in [0, 0.05) is 30.0 Å². The molecule has 0 unspecified atom stereocenters. The summed E-state index contributed by atoms with van der Waals surface area (Å²) >= 11 is 0. The van der Waals surface area contributed by atoms with Gasteiger partial charge in [-0.3, -0.25) is 14.2 Å². The predicted molar refractivity (Wildman–Crippen MR) is 140 cm³/mol. The summed E-state index contributed by atoms with van der Waals surface area (Å²) in [7, 11) is 0. The summed E-state index contributed by atoms with van der Waals surface area (Å²) in [6, 6.07) is 11.6. The topological polar surface area (TPSA) is 123 Å². The zero-order valence-electron chi connectivity index (χ0n) is 20.9. The lowest BCUT2D eigenvalue weighted by molar-refractivity contribution is 0.617. The SMILES string of the molecule is CCn1cc2cc(Nc3nc(=O)n(-c4cncc(C)c4)c(=O)n3Cc3cc(C#N)c(F)cc3C)ccc2n1. The number of nitrogens with one attached hydrogen (secondary N) is 1. The number of aryl methyl sites for hydroxylation is 3. The van der Waals surface area contributed by atoms with Crippen LogP contribution >= 0.6 is 0 Å². The number of hydrogen-bond donors (Lipinski definition) is 1. The molecule has 1 N–H and O–H groups in total. The summed E-state index contributed by atoms with van der Waals surface area (Å²) in [5, 5.41) is 17.8. The highest BCUT2D eigenvalue weighted by Crippen LogP contribution is 2.22. The maximum atomic E-state index is 14.2. The van der Waals surface area contributed by atoms with Gasteiger partial charge in [0.1, 0.15) is 11.9 Å². The average Bonchev–Trinajstić information content (AvgIpc) is 3.30. The second kappa shape index (κ2) is 9.74.